The van der Waals surface area contributed by atoms with E-state index in [0.717, 1.165) is 22.0 Å². The number of hydrogen-bond donors (Lipinski definition) is 8. The van der Waals surface area contributed by atoms with Gasteiger partial charge in [0.15, 0.2) is 0 Å². The van der Waals surface area contributed by atoms with Gasteiger partial charge in [0.2, 0.25) is 29.5 Å². The third kappa shape index (κ3) is 13.5. The topological polar surface area (TPSA) is 231 Å². The van der Waals surface area contributed by atoms with Gasteiger partial charge in [-0.1, -0.05) is 96.5 Å². The highest BCUT2D eigenvalue weighted by Gasteiger charge is 2.37. The van der Waals surface area contributed by atoms with Gasteiger partial charge in [0.1, 0.15) is 36.3 Å². The monoisotopic (exact) mass is 844 g/mol. The van der Waals surface area contributed by atoms with E-state index >= 15 is 0 Å². The molecule has 2 aromatic carbocycles. The molecule has 0 bridgehead atoms. The molecule has 16 nitrogen and oxygen atoms in total. The van der Waals surface area contributed by atoms with Crippen molar-refractivity contribution in [3.8, 4) is 0 Å². The summed E-state index contributed by atoms with van der Waals surface area (Å²) < 4.78 is 0. The minimum Gasteiger partial charge on any atom is -0.480 e. The molecule has 0 saturated carbocycles. The van der Waals surface area contributed by atoms with E-state index in [0.29, 0.717) is 19.3 Å². The van der Waals surface area contributed by atoms with Crippen molar-refractivity contribution in [3.63, 3.8) is 0 Å². The van der Waals surface area contributed by atoms with Crippen LogP contribution in [0.15, 0.2) is 60.8 Å². The summed E-state index contributed by atoms with van der Waals surface area (Å²) in [6.07, 6.45) is 3.54. The van der Waals surface area contributed by atoms with Crippen LogP contribution in [0.5, 0.6) is 0 Å². The number of carboxylic acid groups (broad SMARTS) is 1. The zero-order valence-electron chi connectivity index (χ0n) is 36.4. The lowest BCUT2D eigenvalue weighted by molar-refractivity contribution is -0.143. The molecule has 332 valence electrons. The predicted octanol–water partition coefficient (Wildman–Crippen LogP) is 3.40. The minimum absolute atomic E-state index is 0.0756. The molecule has 2 heterocycles. The number of carboxylic acids is 1. The van der Waals surface area contributed by atoms with Gasteiger partial charge in [0, 0.05) is 43.5 Å². The molecular formula is C45H64N8O8. The molecule has 4 rings (SSSR count). The molecule has 0 spiro atoms. The third-order valence-corrected chi connectivity index (χ3v) is 11.3. The van der Waals surface area contributed by atoms with Gasteiger partial charge in [-0.3, -0.25) is 24.0 Å². The van der Waals surface area contributed by atoms with Gasteiger partial charge in [-0.05, 0) is 60.6 Å². The Hall–Kier alpha value is -5.93. The van der Waals surface area contributed by atoms with Crippen LogP contribution in [0, 0.1) is 17.8 Å². The van der Waals surface area contributed by atoms with Gasteiger partial charge in [0.05, 0.1) is 0 Å². The van der Waals surface area contributed by atoms with Crippen molar-refractivity contribution in [1.82, 2.24) is 41.8 Å². The standard InChI is InChI=1S/C45H64N8O8/c1-8-28(6)38(44(59)60)52-45(61)50-33-20-14-15-21-46-39(54)34(23-29-16-10-9-11-17-29)48-41(56)36(24-30-25-47-32-19-13-12-18-31(30)32)53(7)43(58)35(22-26(2)3)49-42(57)37(27(4)5)51-40(33)55/h9-13,16-19,25-28,33-38,47H,8,14-15,20-24H2,1-7H3,(H,46,54)(H,48,56)(H,49,57)(H,51,55)(H,59,60)(H2,50,52,61)/t28-,33+,34+,35+,36+,37+,38-/m1/s1. The number of amides is 7. The van der Waals surface area contributed by atoms with E-state index in [1.807, 2.05) is 68.4 Å². The molecule has 1 aromatic heterocycles. The summed E-state index contributed by atoms with van der Waals surface area (Å²) in [5.74, 6) is -5.00. The summed E-state index contributed by atoms with van der Waals surface area (Å²) in [6, 6.07) is 9.21. The number of rotatable bonds is 12. The SMILES string of the molecule is CC[C@@H](C)[C@@H](NC(=O)N[C@H]1CCCCNC(=O)[C@H](Cc2ccccc2)NC(=O)[C@H](Cc2c[nH]c3ccccc23)N(C)C(=O)[C@H](CC(C)C)NC(=O)[C@H](C(C)C)NC1=O)C(=O)O. The number of carbonyl (C=O) groups is 7. The summed E-state index contributed by atoms with van der Waals surface area (Å²) in [6.45, 7) is 10.9. The lowest BCUT2D eigenvalue weighted by Crippen LogP contribution is -2.61. The Kier molecular flexibility index (Phi) is 17.7. The van der Waals surface area contributed by atoms with Gasteiger partial charge in [-0.25, -0.2) is 9.59 Å². The van der Waals surface area contributed by atoms with E-state index in [2.05, 4.69) is 36.9 Å². The number of likely N-dealkylation sites (N-methyl/N-ethyl adjacent to an activating group) is 1. The second kappa shape index (κ2) is 22.6. The smallest absolute Gasteiger partial charge is 0.326 e. The van der Waals surface area contributed by atoms with Crippen molar-refractivity contribution in [1.29, 1.82) is 0 Å². The van der Waals surface area contributed by atoms with Crippen molar-refractivity contribution in [2.45, 2.75) is 123 Å². The van der Waals surface area contributed by atoms with E-state index in [1.54, 1.807) is 33.9 Å². The zero-order chi connectivity index (χ0) is 44.8. The number of para-hydroxylation sites is 1. The maximum Gasteiger partial charge on any atom is 0.326 e. The first-order chi connectivity index (χ1) is 29.0. The molecular weight excluding hydrogens is 781 g/mol. The summed E-state index contributed by atoms with van der Waals surface area (Å²) >= 11 is 0. The first-order valence-corrected chi connectivity index (χ1v) is 21.3. The molecule has 16 heteroatoms. The molecule has 1 aliphatic heterocycles. The molecule has 0 unspecified atom stereocenters. The molecule has 0 aliphatic carbocycles. The normalized spacial score (nSPS) is 22.5. The highest BCUT2D eigenvalue weighted by atomic mass is 16.4. The van der Waals surface area contributed by atoms with Gasteiger partial charge >= 0.3 is 12.0 Å². The number of H-pyrrole nitrogens is 1. The number of carbonyl (C=O) groups excluding carboxylic acids is 6. The summed E-state index contributed by atoms with van der Waals surface area (Å²) in [7, 11) is 1.51. The molecule has 0 radical (unpaired) electrons. The van der Waals surface area contributed by atoms with Crippen molar-refractivity contribution in [3.05, 3.63) is 71.9 Å². The van der Waals surface area contributed by atoms with Crippen LogP contribution in [0.25, 0.3) is 10.9 Å². The van der Waals surface area contributed by atoms with E-state index in [-0.39, 0.29) is 38.1 Å². The van der Waals surface area contributed by atoms with E-state index in [4.69, 9.17) is 0 Å². The fourth-order valence-electron chi connectivity index (χ4n) is 7.49. The second-order valence-corrected chi connectivity index (χ2v) is 16.9. The maximum absolute atomic E-state index is 14.6. The maximum atomic E-state index is 14.6. The van der Waals surface area contributed by atoms with Crippen molar-refractivity contribution < 1.29 is 38.7 Å². The number of nitrogens with zero attached hydrogens (tertiary/aromatic N) is 1. The molecule has 1 fully saturated rings. The van der Waals surface area contributed by atoms with E-state index in [9.17, 15) is 38.7 Å². The van der Waals surface area contributed by atoms with Crippen LogP contribution in [-0.2, 0) is 41.6 Å². The average Bonchev–Trinajstić information content (AvgIpc) is 3.63. The van der Waals surface area contributed by atoms with Crippen LogP contribution in [0.4, 0.5) is 4.79 Å². The lowest BCUT2D eigenvalue weighted by atomic mass is 9.97. The van der Waals surface area contributed by atoms with E-state index < -0.39 is 89.6 Å². The Balaban J connectivity index is 1.73. The van der Waals surface area contributed by atoms with Crippen LogP contribution in [0.3, 0.4) is 0 Å². The Bertz CT molecular complexity index is 1980. The molecule has 1 aliphatic rings. The van der Waals surface area contributed by atoms with Crippen molar-refractivity contribution in [2.24, 2.45) is 17.8 Å². The Labute approximate surface area is 358 Å². The van der Waals surface area contributed by atoms with E-state index in [1.165, 1.54) is 11.9 Å². The largest absolute Gasteiger partial charge is 0.480 e. The number of nitrogens with one attached hydrogen (secondary N) is 7. The molecule has 8 N–H and O–H groups in total. The van der Waals surface area contributed by atoms with Gasteiger partial charge < -0.3 is 46.9 Å². The highest BCUT2D eigenvalue weighted by molar-refractivity contribution is 5.97. The van der Waals surface area contributed by atoms with Gasteiger partial charge in [0.25, 0.3) is 0 Å². The van der Waals surface area contributed by atoms with Crippen LogP contribution in [-0.4, -0.2) is 106 Å². The molecule has 3 aromatic rings. The van der Waals surface area contributed by atoms with Crippen molar-refractivity contribution >= 4 is 52.4 Å². The van der Waals surface area contributed by atoms with Gasteiger partial charge in [-0.2, -0.15) is 0 Å². The van der Waals surface area contributed by atoms with Crippen molar-refractivity contribution in [2.75, 3.05) is 13.6 Å². The number of aromatic amines is 1. The predicted molar refractivity (Wildman–Crippen MR) is 232 cm³/mol. The molecule has 7 atom stereocenters. The number of urea groups is 1. The number of benzene rings is 2. The van der Waals surface area contributed by atoms with Crippen LogP contribution >= 0.6 is 0 Å². The summed E-state index contributed by atoms with van der Waals surface area (Å²) in [4.78, 5) is 101. The highest BCUT2D eigenvalue weighted by Crippen LogP contribution is 2.22. The van der Waals surface area contributed by atoms with Gasteiger partial charge in [-0.15, -0.1) is 0 Å². The molecule has 61 heavy (non-hydrogen) atoms. The number of fused-ring (bicyclic) bond motifs is 1. The van der Waals surface area contributed by atoms with Crippen LogP contribution in [0.2, 0.25) is 0 Å². The Morgan fingerprint density at radius 1 is 0.820 bits per heavy atom. The first-order valence-electron chi connectivity index (χ1n) is 21.3. The Morgan fingerprint density at radius 3 is 2.15 bits per heavy atom. The third-order valence-electron chi connectivity index (χ3n) is 11.3. The summed E-state index contributed by atoms with van der Waals surface area (Å²) in [5, 5.41) is 27.2. The average molecular weight is 845 g/mol. The molecule has 7 amide bonds. The second-order valence-electron chi connectivity index (χ2n) is 16.9. The summed E-state index contributed by atoms with van der Waals surface area (Å²) in [5.41, 5.74) is 2.43. The fourth-order valence-corrected chi connectivity index (χ4v) is 7.49. The number of aromatic nitrogens is 1. The quantitative estimate of drug-likeness (QED) is 0.134. The number of aliphatic carboxylic acids is 1. The fraction of sp³-hybridized carbons (Fsp3) is 0.533. The Morgan fingerprint density at radius 2 is 1.49 bits per heavy atom. The first kappa shape index (κ1) is 47.7. The van der Waals surface area contributed by atoms with Crippen LogP contribution in [0.1, 0.15) is 84.8 Å². The van der Waals surface area contributed by atoms with Crippen LogP contribution < -0.4 is 31.9 Å². The number of hydrogen-bond acceptors (Lipinski definition) is 7. The minimum atomic E-state index is -1.22. The zero-order valence-corrected chi connectivity index (χ0v) is 36.4. The molecule has 1 saturated heterocycles. The lowest BCUT2D eigenvalue weighted by Gasteiger charge is -2.33.